The number of para-hydroxylation sites is 1. The van der Waals surface area contributed by atoms with Crippen LogP contribution in [0.15, 0.2) is 35.7 Å². The second-order valence-electron chi connectivity index (χ2n) is 1.82. The smallest absolute Gasteiger partial charge is 0.183 e. The average Bonchev–Trinajstić information content (AvgIpc) is 2.07. The van der Waals surface area contributed by atoms with Gasteiger partial charge in [0.2, 0.25) is 0 Å². The highest BCUT2D eigenvalue weighted by atomic mass is 16.9. The molecule has 0 spiro atoms. The standard InChI is InChI=1S/C6H7N3O2.H3N/c7-9(11-8-10)6-4-2-1-3-5-6;/h1-5H,7H2;1H3. The molecule has 0 saturated heterocycles. The number of hydrogen-bond donors (Lipinski definition) is 2. The van der Waals surface area contributed by atoms with E-state index in [4.69, 9.17) is 5.84 Å². The van der Waals surface area contributed by atoms with Crippen LogP contribution in [-0.4, -0.2) is 0 Å². The van der Waals surface area contributed by atoms with Gasteiger partial charge in [0.1, 0.15) is 0 Å². The predicted molar refractivity (Wildman–Crippen MR) is 45.0 cm³/mol. The van der Waals surface area contributed by atoms with E-state index in [0.29, 0.717) is 5.69 Å². The van der Waals surface area contributed by atoms with E-state index in [0.717, 1.165) is 5.17 Å². The van der Waals surface area contributed by atoms with E-state index in [-0.39, 0.29) is 6.15 Å². The molecular formula is C6H10N4O2. The Morgan fingerprint density at radius 2 is 1.92 bits per heavy atom. The van der Waals surface area contributed by atoms with E-state index < -0.39 is 0 Å². The molecule has 0 aliphatic carbocycles. The summed E-state index contributed by atoms with van der Waals surface area (Å²) >= 11 is 0. The molecule has 1 aromatic rings. The third kappa shape index (κ3) is 2.52. The highest BCUT2D eigenvalue weighted by Crippen LogP contribution is 2.08. The quantitative estimate of drug-likeness (QED) is 0.402. The SMILES string of the molecule is N.NN(ON=O)c1ccccc1. The van der Waals surface area contributed by atoms with Crippen LogP contribution in [-0.2, 0) is 4.94 Å². The van der Waals surface area contributed by atoms with E-state index in [1.165, 1.54) is 0 Å². The van der Waals surface area contributed by atoms with Crippen LogP contribution in [0.5, 0.6) is 0 Å². The van der Waals surface area contributed by atoms with Crippen molar-refractivity contribution in [2.24, 2.45) is 11.2 Å². The Hall–Kier alpha value is -1.66. The van der Waals surface area contributed by atoms with Crippen LogP contribution in [0.25, 0.3) is 0 Å². The van der Waals surface area contributed by atoms with Crippen LogP contribution >= 0.6 is 0 Å². The van der Waals surface area contributed by atoms with Crippen molar-refractivity contribution in [2.45, 2.75) is 0 Å². The van der Waals surface area contributed by atoms with E-state index in [2.05, 4.69) is 10.3 Å². The van der Waals surface area contributed by atoms with Gasteiger partial charge in [-0.1, -0.05) is 18.2 Å². The minimum absolute atomic E-state index is 0. The molecule has 0 aromatic heterocycles. The molecule has 5 N–H and O–H groups in total. The van der Waals surface area contributed by atoms with Crippen LogP contribution in [0.1, 0.15) is 0 Å². The molecule has 0 amide bonds. The number of benzene rings is 1. The molecule has 0 fully saturated rings. The lowest BCUT2D eigenvalue weighted by Crippen LogP contribution is -2.28. The molecule has 12 heavy (non-hydrogen) atoms. The Balaban J connectivity index is 0.00000121. The predicted octanol–water partition coefficient (Wildman–Crippen LogP) is 1.14. The Kier molecular flexibility index (Phi) is 4.35. The first-order valence-corrected chi connectivity index (χ1v) is 2.94. The molecule has 0 radical (unpaired) electrons. The third-order valence-electron chi connectivity index (χ3n) is 1.13. The van der Waals surface area contributed by atoms with Crippen molar-refractivity contribution >= 4 is 5.69 Å². The van der Waals surface area contributed by atoms with E-state index in [1.807, 2.05) is 6.07 Å². The number of anilines is 1. The van der Waals surface area contributed by atoms with Gasteiger partial charge >= 0.3 is 0 Å². The van der Waals surface area contributed by atoms with Gasteiger partial charge in [0.15, 0.2) is 5.34 Å². The molecule has 0 aliphatic heterocycles. The Labute approximate surface area is 69.4 Å². The lowest BCUT2D eigenvalue weighted by molar-refractivity contribution is 0.112. The first kappa shape index (κ1) is 10.3. The van der Waals surface area contributed by atoms with Gasteiger partial charge in [-0.3, -0.25) is 0 Å². The second-order valence-corrected chi connectivity index (χ2v) is 1.82. The lowest BCUT2D eigenvalue weighted by Gasteiger charge is -2.10. The highest BCUT2D eigenvalue weighted by Gasteiger charge is 1.98. The normalized spacial score (nSPS) is 8.08. The van der Waals surface area contributed by atoms with E-state index in [1.54, 1.807) is 24.3 Å². The number of nitrogens with zero attached hydrogens (tertiary/aromatic N) is 2. The molecule has 1 rings (SSSR count). The van der Waals surface area contributed by atoms with Crippen molar-refractivity contribution < 1.29 is 4.94 Å². The zero-order valence-corrected chi connectivity index (χ0v) is 6.38. The summed E-state index contributed by atoms with van der Waals surface area (Å²) in [4.78, 5) is 13.7. The van der Waals surface area contributed by atoms with Crippen molar-refractivity contribution in [3.05, 3.63) is 35.2 Å². The van der Waals surface area contributed by atoms with Gasteiger partial charge in [-0.15, -0.1) is 10.1 Å². The Bertz CT molecular complexity index is 228. The molecule has 6 nitrogen and oxygen atoms in total. The maximum Gasteiger partial charge on any atom is 0.183 e. The maximum absolute atomic E-state index is 9.59. The molecule has 1 aromatic carbocycles. The number of hydrogen-bond acceptors (Lipinski definition) is 6. The van der Waals surface area contributed by atoms with Gasteiger partial charge in [0, 0.05) is 0 Å². The summed E-state index contributed by atoms with van der Waals surface area (Å²) in [6, 6.07) is 8.73. The van der Waals surface area contributed by atoms with Crippen LogP contribution in [0.2, 0.25) is 0 Å². The van der Waals surface area contributed by atoms with Gasteiger partial charge in [-0.05, 0) is 12.1 Å². The Morgan fingerprint density at radius 3 is 2.42 bits per heavy atom. The van der Waals surface area contributed by atoms with Crippen molar-refractivity contribution in [2.75, 3.05) is 5.17 Å². The topological polar surface area (TPSA) is 103 Å². The molecule has 0 aliphatic rings. The minimum Gasteiger partial charge on any atom is -0.344 e. The van der Waals surface area contributed by atoms with Gasteiger partial charge in [0.05, 0.1) is 5.69 Å². The van der Waals surface area contributed by atoms with Crippen molar-refractivity contribution in [3.8, 4) is 0 Å². The molecule has 0 unspecified atom stereocenters. The molecule has 6 heteroatoms. The zero-order chi connectivity index (χ0) is 8.10. The van der Waals surface area contributed by atoms with E-state index in [9.17, 15) is 4.91 Å². The van der Waals surface area contributed by atoms with Crippen molar-refractivity contribution in [1.82, 2.24) is 6.15 Å². The monoisotopic (exact) mass is 170 g/mol. The third-order valence-corrected chi connectivity index (χ3v) is 1.13. The fourth-order valence-electron chi connectivity index (χ4n) is 0.658. The minimum atomic E-state index is 0. The Morgan fingerprint density at radius 1 is 1.33 bits per heavy atom. The van der Waals surface area contributed by atoms with E-state index >= 15 is 0 Å². The second kappa shape index (κ2) is 5.05. The first-order valence-electron chi connectivity index (χ1n) is 2.94. The van der Waals surface area contributed by atoms with Crippen LogP contribution in [0.4, 0.5) is 5.69 Å². The summed E-state index contributed by atoms with van der Waals surface area (Å²) in [5, 5.41) is 2.95. The molecular weight excluding hydrogens is 160 g/mol. The van der Waals surface area contributed by atoms with Crippen LogP contribution < -0.4 is 17.2 Å². The summed E-state index contributed by atoms with van der Waals surface area (Å²) in [7, 11) is 0. The zero-order valence-electron chi connectivity index (χ0n) is 6.38. The van der Waals surface area contributed by atoms with Gasteiger partial charge in [-0.2, -0.15) is 0 Å². The summed E-state index contributed by atoms with van der Waals surface area (Å²) in [5.41, 5.74) is 0.562. The molecule has 0 atom stereocenters. The molecule has 66 valence electrons. The summed E-state index contributed by atoms with van der Waals surface area (Å²) in [6.45, 7) is 0. The van der Waals surface area contributed by atoms with Gasteiger partial charge in [0.25, 0.3) is 0 Å². The first-order chi connectivity index (χ1) is 5.34. The summed E-state index contributed by atoms with van der Waals surface area (Å²) < 4.78 is 0. The molecule has 0 heterocycles. The fraction of sp³-hybridized carbons (Fsp3) is 0. The lowest BCUT2D eigenvalue weighted by atomic mass is 10.3. The largest absolute Gasteiger partial charge is 0.344 e. The number of nitrogens with two attached hydrogens (primary N) is 1. The van der Waals surface area contributed by atoms with Gasteiger partial charge in [-0.25, -0.2) is 10.8 Å². The van der Waals surface area contributed by atoms with Gasteiger partial charge < -0.3 is 6.15 Å². The maximum atomic E-state index is 9.59. The average molecular weight is 170 g/mol. The molecule has 0 saturated carbocycles. The summed E-state index contributed by atoms with van der Waals surface area (Å²) in [6.07, 6.45) is 0. The number of rotatable bonds is 3. The number of hydrazine groups is 1. The van der Waals surface area contributed by atoms with Crippen molar-refractivity contribution in [3.63, 3.8) is 0 Å². The van der Waals surface area contributed by atoms with Crippen LogP contribution in [0.3, 0.4) is 0 Å². The summed E-state index contributed by atoms with van der Waals surface area (Å²) in [5.74, 6) is 5.22. The fourth-order valence-corrected chi connectivity index (χ4v) is 0.658. The van der Waals surface area contributed by atoms with Crippen molar-refractivity contribution in [1.29, 1.82) is 0 Å². The molecule has 0 bridgehead atoms. The van der Waals surface area contributed by atoms with Crippen LogP contribution in [0, 0.1) is 4.91 Å². The highest BCUT2D eigenvalue weighted by molar-refractivity contribution is 5.41.